The van der Waals surface area contributed by atoms with Crippen LogP contribution in [0, 0.1) is 18.8 Å². The van der Waals surface area contributed by atoms with Gasteiger partial charge >= 0.3 is 6.18 Å². The van der Waals surface area contributed by atoms with E-state index >= 15 is 0 Å². The van der Waals surface area contributed by atoms with E-state index < -0.39 is 11.7 Å². The van der Waals surface area contributed by atoms with Crippen LogP contribution in [0.3, 0.4) is 0 Å². The zero-order chi connectivity index (χ0) is 26.2. The van der Waals surface area contributed by atoms with E-state index in [0.717, 1.165) is 30.2 Å². The van der Waals surface area contributed by atoms with Crippen LogP contribution in [-0.4, -0.2) is 25.9 Å². The average molecular weight is 505 g/mol. The molecular formula is C29H27F3N4O. The van der Waals surface area contributed by atoms with Gasteiger partial charge in [-0.15, -0.1) is 0 Å². The fourth-order valence-electron chi connectivity index (χ4n) is 5.33. The van der Waals surface area contributed by atoms with Gasteiger partial charge in [-0.25, -0.2) is 4.98 Å². The number of nitrogens with zero attached hydrogens (tertiary/aromatic N) is 3. The van der Waals surface area contributed by atoms with E-state index in [2.05, 4.69) is 27.1 Å². The Morgan fingerprint density at radius 1 is 1.11 bits per heavy atom. The second kappa shape index (κ2) is 9.92. The lowest BCUT2D eigenvalue weighted by Crippen LogP contribution is -2.23. The third-order valence-electron chi connectivity index (χ3n) is 7.20. The number of H-pyrrole nitrogens is 1. The van der Waals surface area contributed by atoms with E-state index in [1.54, 1.807) is 30.5 Å². The van der Waals surface area contributed by atoms with Crippen molar-refractivity contribution in [3.8, 4) is 11.3 Å². The monoisotopic (exact) mass is 504 g/mol. The molecule has 0 spiro atoms. The molecule has 8 heteroatoms. The fourth-order valence-corrected chi connectivity index (χ4v) is 5.33. The predicted molar refractivity (Wildman–Crippen MR) is 136 cm³/mol. The molecule has 1 fully saturated rings. The number of rotatable bonds is 5. The number of allylic oxidation sites excluding steroid dienone is 2. The van der Waals surface area contributed by atoms with Crippen molar-refractivity contribution < 1.29 is 18.0 Å². The summed E-state index contributed by atoms with van der Waals surface area (Å²) in [7, 11) is 0. The number of nitrogens with one attached hydrogen (secondary N) is 1. The van der Waals surface area contributed by atoms with Gasteiger partial charge in [0.2, 0.25) is 0 Å². The number of pyridine rings is 2. The third-order valence-corrected chi connectivity index (χ3v) is 7.20. The topological polar surface area (TPSA) is 71.5 Å². The first-order valence-corrected chi connectivity index (χ1v) is 12.4. The number of fused-ring (bicyclic) bond motifs is 1. The quantitative estimate of drug-likeness (QED) is 0.229. The maximum atomic E-state index is 13.8. The number of halogens is 3. The number of aromatic nitrogens is 4. The largest absolute Gasteiger partial charge is 0.416 e. The standard InChI is InChI=1S/C29H27F3N4O/c1-17-7-8-19(23(13-17)22-5-3-4-6-25(22)29(30,31)32)9-10-26(37)21-15-24-27(35-36-28(24)34-16-21)20-11-12-33-18(2)14-20/h3-6,9-12,14-17,19,23H,7-8,13H2,1-2H3,(H,34,35,36)/b10-9+/t17?,19-,23+/m0/s1. The number of hydrogen-bond donors (Lipinski definition) is 1. The van der Waals surface area contributed by atoms with E-state index in [0.29, 0.717) is 40.2 Å². The summed E-state index contributed by atoms with van der Waals surface area (Å²) < 4.78 is 41.3. The first-order chi connectivity index (χ1) is 17.7. The minimum atomic E-state index is -4.42. The Kier molecular flexibility index (Phi) is 6.67. The van der Waals surface area contributed by atoms with Crippen molar-refractivity contribution in [2.24, 2.45) is 11.8 Å². The average Bonchev–Trinajstić information content (AvgIpc) is 3.30. The summed E-state index contributed by atoms with van der Waals surface area (Å²) in [6.07, 6.45) is 4.34. The third kappa shape index (κ3) is 5.19. The minimum Gasteiger partial charge on any atom is -0.289 e. The molecule has 0 amide bonds. The number of aryl methyl sites for hydroxylation is 1. The van der Waals surface area contributed by atoms with Crippen molar-refractivity contribution in [2.75, 3.05) is 0 Å². The molecule has 37 heavy (non-hydrogen) atoms. The summed E-state index contributed by atoms with van der Waals surface area (Å²) >= 11 is 0. The summed E-state index contributed by atoms with van der Waals surface area (Å²) in [6.45, 7) is 3.96. The molecule has 3 heterocycles. The van der Waals surface area contributed by atoms with E-state index in [-0.39, 0.29) is 17.6 Å². The van der Waals surface area contributed by atoms with E-state index in [1.807, 2.05) is 19.1 Å². The number of aromatic amines is 1. The maximum Gasteiger partial charge on any atom is 0.416 e. The Hall–Kier alpha value is -3.81. The predicted octanol–water partition coefficient (Wildman–Crippen LogP) is 7.31. The Bertz CT molecular complexity index is 1470. The van der Waals surface area contributed by atoms with E-state index in [1.165, 1.54) is 18.3 Å². The van der Waals surface area contributed by atoms with Crippen molar-refractivity contribution in [2.45, 2.75) is 45.2 Å². The lowest BCUT2D eigenvalue weighted by Gasteiger charge is -2.35. The zero-order valence-electron chi connectivity index (χ0n) is 20.6. The maximum absolute atomic E-state index is 13.8. The van der Waals surface area contributed by atoms with Crippen molar-refractivity contribution >= 4 is 16.8 Å². The summed E-state index contributed by atoms with van der Waals surface area (Å²) in [5.41, 5.74) is 3.07. The molecule has 1 aromatic carbocycles. The molecule has 5 rings (SSSR count). The van der Waals surface area contributed by atoms with E-state index in [4.69, 9.17) is 0 Å². The molecule has 5 nitrogen and oxygen atoms in total. The Morgan fingerprint density at radius 3 is 2.70 bits per heavy atom. The zero-order valence-corrected chi connectivity index (χ0v) is 20.6. The first kappa shape index (κ1) is 24.9. The summed E-state index contributed by atoms with van der Waals surface area (Å²) in [6, 6.07) is 11.3. The van der Waals surface area contributed by atoms with Crippen LogP contribution < -0.4 is 0 Å². The summed E-state index contributed by atoms with van der Waals surface area (Å²) in [5, 5.41) is 7.98. The van der Waals surface area contributed by atoms with Crippen molar-refractivity contribution in [3.05, 3.63) is 89.4 Å². The smallest absolute Gasteiger partial charge is 0.289 e. The van der Waals surface area contributed by atoms with Gasteiger partial charge in [0.1, 0.15) is 5.69 Å². The van der Waals surface area contributed by atoms with Gasteiger partial charge in [-0.1, -0.05) is 37.6 Å². The van der Waals surface area contributed by atoms with Crippen molar-refractivity contribution in [3.63, 3.8) is 0 Å². The van der Waals surface area contributed by atoms with Gasteiger partial charge in [-0.05, 0) is 73.4 Å². The second-order valence-electron chi connectivity index (χ2n) is 9.88. The highest BCUT2D eigenvalue weighted by Gasteiger charge is 2.38. The molecule has 0 aliphatic heterocycles. The highest BCUT2D eigenvalue weighted by Crippen LogP contribution is 2.45. The van der Waals surface area contributed by atoms with Crippen molar-refractivity contribution in [1.82, 2.24) is 20.2 Å². The lowest BCUT2D eigenvalue weighted by atomic mass is 9.70. The minimum absolute atomic E-state index is 0.162. The van der Waals surface area contributed by atoms with Gasteiger partial charge in [-0.2, -0.15) is 18.3 Å². The van der Waals surface area contributed by atoms with Crippen LogP contribution in [0.1, 0.15) is 59.3 Å². The number of carbonyl (C=O) groups is 1. The number of alkyl halides is 3. The molecule has 0 radical (unpaired) electrons. The molecule has 0 saturated heterocycles. The van der Waals surface area contributed by atoms with Crippen molar-refractivity contribution in [1.29, 1.82) is 0 Å². The van der Waals surface area contributed by atoms with Crippen LogP contribution in [0.4, 0.5) is 13.2 Å². The number of ketones is 1. The molecule has 1 aliphatic carbocycles. The highest BCUT2D eigenvalue weighted by atomic mass is 19.4. The van der Waals surface area contributed by atoms with Crippen LogP contribution in [0.2, 0.25) is 0 Å². The number of benzene rings is 1. The molecule has 3 aromatic heterocycles. The second-order valence-corrected chi connectivity index (χ2v) is 9.88. The Balaban J connectivity index is 1.43. The molecular weight excluding hydrogens is 477 g/mol. The molecule has 1 unspecified atom stereocenters. The van der Waals surface area contributed by atoms with E-state index in [9.17, 15) is 18.0 Å². The SMILES string of the molecule is Cc1cc(-c2n[nH]c3ncc(C(=O)/C=C/[C@@H]4CCC(C)C[C@H]4c4ccccc4C(F)(F)F)cc23)ccn1. The van der Waals surface area contributed by atoms with Crippen LogP contribution in [0.15, 0.2) is 67.0 Å². The Labute approximate surface area is 212 Å². The van der Waals surface area contributed by atoms with Crippen LogP contribution in [-0.2, 0) is 6.18 Å². The molecule has 4 aromatic rings. The van der Waals surface area contributed by atoms with Gasteiger partial charge in [-0.3, -0.25) is 14.9 Å². The van der Waals surface area contributed by atoms with Gasteiger partial charge in [0, 0.05) is 34.6 Å². The highest BCUT2D eigenvalue weighted by molar-refractivity contribution is 6.07. The van der Waals surface area contributed by atoms with Gasteiger partial charge in [0.25, 0.3) is 0 Å². The lowest BCUT2D eigenvalue weighted by molar-refractivity contribution is -0.138. The molecule has 3 atom stereocenters. The number of hydrogen-bond acceptors (Lipinski definition) is 4. The molecule has 1 saturated carbocycles. The summed E-state index contributed by atoms with van der Waals surface area (Å²) in [5.74, 6) is -0.394. The summed E-state index contributed by atoms with van der Waals surface area (Å²) in [4.78, 5) is 21.7. The Morgan fingerprint density at radius 2 is 1.92 bits per heavy atom. The van der Waals surface area contributed by atoms with Gasteiger partial charge in [0.15, 0.2) is 11.4 Å². The molecule has 1 N–H and O–H groups in total. The van der Waals surface area contributed by atoms with Crippen LogP contribution >= 0.6 is 0 Å². The number of carbonyl (C=O) groups excluding carboxylic acids is 1. The first-order valence-electron chi connectivity index (χ1n) is 12.4. The van der Waals surface area contributed by atoms with Crippen LogP contribution in [0.5, 0.6) is 0 Å². The van der Waals surface area contributed by atoms with Crippen LogP contribution in [0.25, 0.3) is 22.3 Å². The fraction of sp³-hybridized carbons (Fsp3) is 0.310. The molecule has 190 valence electrons. The normalized spacial score (nSPS) is 20.5. The molecule has 0 bridgehead atoms. The van der Waals surface area contributed by atoms with Gasteiger partial charge < -0.3 is 0 Å². The van der Waals surface area contributed by atoms with Gasteiger partial charge in [0.05, 0.1) is 5.56 Å². The molecule has 1 aliphatic rings.